The molecule has 0 aromatic carbocycles. The largest absolute Gasteiger partial charge is 0.349 e. The van der Waals surface area contributed by atoms with E-state index in [-0.39, 0.29) is 6.04 Å². The molecule has 1 heterocycles. The Labute approximate surface area is 95.2 Å². The molecule has 0 radical (unpaired) electrons. The van der Waals surface area contributed by atoms with Crippen molar-refractivity contribution < 1.29 is 13.6 Å². The number of nitrogens with one attached hydrogen (secondary N) is 1. The van der Waals surface area contributed by atoms with Crippen molar-refractivity contribution >= 4 is 5.91 Å². The Kier molecular flexibility index (Phi) is 4.24. The van der Waals surface area contributed by atoms with E-state index in [1.165, 1.54) is 0 Å². The van der Waals surface area contributed by atoms with Crippen LogP contribution in [0.3, 0.4) is 0 Å². The molecule has 16 heavy (non-hydrogen) atoms. The van der Waals surface area contributed by atoms with E-state index >= 15 is 0 Å². The van der Waals surface area contributed by atoms with Gasteiger partial charge in [0.2, 0.25) is 0 Å². The SMILES string of the molecule is CCN1CCC(C(F)(F)C(=O)NC(C)C)C1. The molecule has 0 spiro atoms. The van der Waals surface area contributed by atoms with Crippen molar-refractivity contribution in [3.8, 4) is 0 Å². The second kappa shape index (κ2) is 5.08. The van der Waals surface area contributed by atoms with E-state index in [0.29, 0.717) is 19.5 Å². The lowest BCUT2D eigenvalue weighted by Gasteiger charge is -2.23. The van der Waals surface area contributed by atoms with Crippen LogP contribution in [0.4, 0.5) is 8.78 Å². The molecule has 0 bridgehead atoms. The van der Waals surface area contributed by atoms with Gasteiger partial charge >= 0.3 is 5.92 Å². The summed E-state index contributed by atoms with van der Waals surface area (Å²) in [5, 5.41) is 2.29. The second-order valence-electron chi connectivity index (χ2n) is 4.63. The van der Waals surface area contributed by atoms with Gasteiger partial charge in [-0.3, -0.25) is 4.79 Å². The van der Waals surface area contributed by atoms with Gasteiger partial charge in [-0.15, -0.1) is 0 Å². The standard InChI is InChI=1S/C11H20F2N2O/c1-4-15-6-5-9(7-15)11(12,13)10(16)14-8(2)3/h8-9H,4-7H2,1-3H3,(H,14,16). The van der Waals surface area contributed by atoms with Gasteiger partial charge in [-0.25, -0.2) is 0 Å². The monoisotopic (exact) mass is 234 g/mol. The summed E-state index contributed by atoms with van der Waals surface area (Å²) in [7, 11) is 0. The average molecular weight is 234 g/mol. The topological polar surface area (TPSA) is 32.3 Å². The number of rotatable bonds is 4. The molecule has 1 atom stereocenters. The van der Waals surface area contributed by atoms with Gasteiger partial charge < -0.3 is 10.2 Å². The summed E-state index contributed by atoms with van der Waals surface area (Å²) in [5.41, 5.74) is 0. The van der Waals surface area contributed by atoms with Crippen molar-refractivity contribution in [2.45, 2.75) is 39.2 Å². The summed E-state index contributed by atoms with van der Waals surface area (Å²) in [6.45, 7) is 7.04. The zero-order valence-corrected chi connectivity index (χ0v) is 10.1. The van der Waals surface area contributed by atoms with Crippen LogP contribution >= 0.6 is 0 Å². The lowest BCUT2D eigenvalue weighted by atomic mass is 9.99. The molecule has 5 heteroatoms. The molecule has 0 saturated carbocycles. The maximum Gasteiger partial charge on any atom is 0.328 e. The van der Waals surface area contributed by atoms with Crippen molar-refractivity contribution in [1.29, 1.82) is 0 Å². The lowest BCUT2D eigenvalue weighted by molar-refractivity contribution is -0.153. The van der Waals surface area contributed by atoms with Crippen LogP contribution in [0.25, 0.3) is 0 Å². The molecular formula is C11H20F2N2O. The highest BCUT2D eigenvalue weighted by molar-refractivity contribution is 5.84. The van der Waals surface area contributed by atoms with Crippen molar-refractivity contribution in [2.24, 2.45) is 5.92 Å². The number of amides is 1. The van der Waals surface area contributed by atoms with Gasteiger partial charge in [-0.05, 0) is 33.4 Å². The zero-order valence-electron chi connectivity index (χ0n) is 10.1. The number of halogens is 2. The normalized spacial score (nSPS) is 22.8. The zero-order chi connectivity index (χ0) is 12.3. The minimum absolute atomic E-state index is 0.248. The van der Waals surface area contributed by atoms with Crippen molar-refractivity contribution in [3.05, 3.63) is 0 Å². The van der Waals surface area contributed by atoms with Crippen LogP contribution in [-0.2, 0) is 4.79 Å². The number of hydrogen-bond acceptors (Lipinski definition) is 2. The van der Waals surface area contributed by atoms with E-state index in [4.69, 9.17) is 0 Å². The van der Waals surface area contributed by atoms with E-state index in [9.17, 15) is 13.6 Å². The Bertz CT molecular complexity index is 256. The maximum absolute atomic E-state index is 13.8. The predicted octanol–water partition coefficient (Wildman–Crippen LogP) is 1.49. The quantitative estimate of drug-likeness (QED) is 0.799. The molecule has 1 aliphatic heterocycles. The molecule has 94 valence electrons. The van der Waals surface area contributed by atoms with Crippen molar-refractivity contribution in [2.75, 3.05) is 19.6 Å². The highest BCUT2D eigenvalue weighted by atomic mass is 19.3. The Morgan fingerprint density at radius 2 is 2.19 bits per heavy atom. The number of alkyl halides is 2. The predicted molar refractivity (Wildman–Crippen MR) is 58.4 cm³/mol. The van der Waals surface area contributed by atoms with Crippen molar-refractivity contribution in [3.63, 3.8) is 0 Å². The molecule has 0 aromatic rings. The molecule has 1 rings (SSSR count). The minimum Gasteiger partial charge on any atom is -0.349 e. The van der Waals surface area contributed by atoms with Gasteiger partial charge in [0.15, 0.2) is 0 Å². The first-order chi connectivity index (χ1) is 7.37. The van der Waals surface area contributed by atoms with E-state index in [1.807, 2.05) is 11.8 Å². The van der Waals surface area contributed by atoms with Crippen molar-refractivity contribution in [1.82, 2.24) is 10.2 Å². The third kappa shape index (κ3) is 2.90. The van der Waals surface area contributed by atoms with Crippen LogP contribution in [0.5, 0.6) is 0 Å². The van der Waals surface area contributed by atoms with Gasteiger partial charge in [0.1, 0.15) is 0 Å². The summed E-state index contributed by atoms with van der Waals surface area (Å²) >= 11 is 0. The minimum atomic E-state index is -3.24. The Hall–Kier alpha value is -0.710. The third-order valence-corrected chi connectivity index (χ3v) is 2.95. The maximum atomic E-state index is 13.8. The molecule has 0 aliphatic carbocycles. The summed E-state index contributed by atoms with van der Waals surface area (Å²) in [6, 6.07) is -0.248. The third-order valence-electron chi connectivity index (χ3n) is 2.95. The van der Waals surface area contributed by atoms with Crippen LogP contribution in [-0.4, -0.2) is 42.4 Å². The van der Waals surface area contributed by atoms with E-state index in [2.05, 4.69) is 5.32 Å². The molecule has 1 amide bonds. The fourth-order valence-corrected chi connectivity index (χ4v) is 1.96. The Morgan fingerprint density at radius 1 is 1.56 bits per heavy atom. The number of hydrogen-bond donors (Lipinski definition) is 1. The molecule has 0 aromatic heterocycles. The smallest absolute Gasteiger partial charge is 0.328 e. The van der Waals surface area contributed by atoms with Crippen LogP contribution in [0.2, 0.25) is 0 Å². The Morgan fingerprint density at radius 3 is 2.62 bits per heavy atom. The highest BCUT2D eigenvalue weighted by Gasteiger charge is 2.49. The van der Waals surface area contributed by atoms with Gasteiger partial charge in [0.05, 0.1) is 0 Å². The molecule has 1 fully saturated rings. The molecule has 1 aliphatic rings. The molecule has 1 unspecified atom stereocenters. The fraction of sp³-hybridized carbons (Fsp3) is 0.909. The Balaban J connectivity index is 2.60. The molecule has 1 saturated heterocycles. The van der Waals surface area contributed by atoms with E-state index < -0.39 is 17.7 Å². The van der Waals surface area contributed by atoms with Crippen LogP contribution < -0.4 is 5.32 Å². The summed E-state index contributed by atoms with van der Waals surface area (Å²) < 4.78 is 27.5. The molecule has 1 N–H and O–H groups in total. The first kappa shape index (κ1) is 13.4. The number of nitrogens with zero attached hydrogens (tertiary/aromatic N) is 1. The first-order valence-corrected chi connectivity index (χ1v) is 5.79. The van der Waals surface area contributed by atoms with Crippen LogP contribution in [0.15, 0.2) is 0 Å². The summed E-state index contributed by atoms with van der Waals surface area (Å²) in [5.74, 6) is -5.22. The van der Waals surface area contributed by atoms with Crippen LogP contribution in [0, 0.1) is 5.92 Å². The highest BCUT2D eigenvalue weighted by Crippen LogP contribution is 2.32. The van der Waals surface area contributed by atoms with Gasteiger partial charge in [0.25, 0.3) is 5.91 Å². The molecule has 3 nitrogen and oxygen atoms in total. The second-order valence-corrected chi connectivity index (χ2v) is 4.63. The van der Waals surface area contributed by atoms with Crippen LogP contribution in [0.1, 0.15) is 27.2 Å². The summed E-state index contributed by atoms with van der Waals surface area (Å²) in [4.78, 5) is 13.3. The van der Waals surface area contributed by atoms with Gasteiger partial charge in [-0.2, -0.15) is 8.78 Å². The van der Waals surface area contributed by atoms with E-state index in [1.54, 1.807) is 13.8 Å². The first-order valence-electron chi connectivity index (χ1n) is 5.79. The average Bonchev–Trinajstić information content (AvgIpc) is 2.65. The summed E-state index contributed by atoms with van der Waals surface area (Å²) in [6.07, 6.45) is 0.395. The number of carbonyl (C=O) groups is 1. The molecular weight excluding hydrogens is 214 g/mol. The fourth-order valence-electron chi connectivity index (χ4n) is 1.96. The number of carbonyl (C=O) groups excluding carboxylic acids is 1. The number of likely N-dealkylation sites (tertiary alicyclic amines) is 1. The van der Waals surface area contributed by atoms with Gasteiger partial charge in [0, 0.05) is 18.5 Å². The van der Waals surface area contributed by atoms with E-state index in [0.717, 1.165) is 6.54 Å². The van der Waals surface area contributed by atoms with Gasteiger partial charge in [-0.1, -0.05) is 6.92 Å². The lowest BCUT2D eigenvalue weighted by Crippen LogP contribution is -2.48.